The highest BCUT2D eigenvalue weighted by Gasteiger charge is 2.24. The highest BCUT2D eigenvalue weighted by Crippen LogP contribution is 2.16. The van der Waals surface area contributed by atoms with Crippen molar-refractivity contribution >= 4 is 24.6 Å². The van der Waals surface area contributed by atoms with Crippen LogP contribution in [0.3, 0.4) is 0 Å². The monoisotopic (exact) mass is 322 g/mol. The third kappa shape index (κ3) is 5.36. The Balaban J connectivity index is 1.83. The molecule has 1 amide bonds. The maximum absolute atomic E-state index is 11.8. The fourth-order valence-corrected chi connectivity index (χ4v) is 2.33. The Hall–Kier alpha value is -1.87. The number of amides is 1. The molecule has 0 saturated carbocycles. The summed E-state index contributed by atoms with van der Waals surface area (Å²) in [5.41, 5.74) is -0.243. The topological polar surface area (TPSA) is 108 Å². The Labute approximate surface area is 136 Å². The second-order valence-electron chi connectivity index (χ2n) is 6.60. The summed E-state index contributed by atoms with van der Waals surface area (Å²) in [6.45, 7) is 6.92. The fourth-order valence-electron chi connectivity index (χ4n) is 2.33. The van der Waals surface area contributed by atoms with Crippen molar-refractivity contribution in [2.24, 2.45) is 0 Å². The molecule has 0 aromatic carbocycles. The van der Waals surface area contributed by atoms with Gasteiger partial charge in [0, 0.05) is 37.0 Å². The Morgan fingerprint density at radius 2 is 1.87 bits per heavy atom. The first-order valence-corrected chi connectivity index (χ1v) is 7.67. The van der Waals surface area contributed by atoms with Crippen molar-refractivity contribution in [2.75, 3.05) is 18.0 Å². The predicted octanol–water partition coefficient (Wildman–Crippen LogP) is -0.350. The number of nitrogens with zero attached hydrogens (tertiary/aromatic N) is 3. The van der Waals surface area contributed by atoms with Crippen LogP contribution in [0.15, 0.2) is 12.4 Å². The molecule has 0 atom stereocenters. The van der Waals surface area contributed by atoms with Crippen LogP contribution >= 0.6 is 0 Å². The first-order valence-electron chi connectivity index (χ1n) is 7.67. The van der Waals surface area contributed by atoms with Crippen LogP contribution in [0.1, 0.15) is 33.6 Å². The Morgan fingerprint density at radius 1 is 1.30 bits per heavy atom. The summed E-state index contributed by atoms with van der Waals surface area (Å²) in [5, 5.41) is 20.9. The number of aromatic nitrogens is 2. The number of hydrogen-bond donors (Lipinski definition) is 3. The van der Waals surface area contributed by atoms with Gasteiger partial charge in [0.15, 0.2) is 0 Å². The Morgan fingerprint density at radius 3 is 2.35 bits per heavy atom. The van der Waals surface area contributed by atoms with Crippen LogP contribution in [0.5, 0.6) is 0 Å². The Kier molecular flexibility index (Phi) is 5.43. The molecule has 2 heterocycles. The van der Waals surface area contributed by atoms with E-state index in [1.807, 2.05) is 25.7 Å². The normalized spacial score (nSPS) is 16.1. The molecule has 1 aromatic heterocycles. The summed E-state index contributed by atoms with van der Waals surface area (Å²) in [4.78, 5) is 22.0. The van der Waals surface area contributed by atoms with Crippen molar-refractivity contribution < 1.29 is 19.6 Å². The van der Waals surface area contributed by atoms with Gasteiger partial charge in [0.25, 0.3) is 0 Å². The van der Waals surface area contributed by atoms with E-state index in [1.54, 1.807) is 0 Å². The first kappa shape index (κ1) is 17.5. The van der Waals surface area contributed by atoms with Gasteiger partial charge in [0.2, 0.25) is 5.95 Å². The van der Waals surface area contributed by atoms with Crippen LogP contribution in [0.2, 0.25) is 0 Å². The fraction of sp³-hybridized carbons (Fsp3) is 0.643. The molecule has 1 aliphatic heterocycles. The molecule has 126 valence electrons. The van der Waals surface area contributed by atoms with Crippen molar-refractivity contribution in [2.45, 2.75) is 45.3 Å². The number of anilines is 1. The number of carbonyl (C=O) groups is 1. The molecule has 1 saturated heterocycles. The van der Waals surface area contributed by atoms with Crippen LogP contribution in [0.25, 0.3) is 0 Å². The number of hydrogen-bond acceptors (Lipinski definition) is 7. The second-order valence-corrected chi connectivity index (χ2v) is 6.60. The minimum Gasteiger partial charge on any atom is -0.444 e. The lowest BCUT2D eigenvalue weighted by molar-refractivity contribution is 0.0497. The average molecular weight is 322 g/mol. The first-order chi connectivity index (χ1) is 10.7. The lowest BCUT2D eigenvalue weighted by Gasteiger charge is -2.32. The van der Waals surface area contributed by atoms with Crippen LogP contribution in [-0.2, 0) is 4.74 Å². The van der Waals surface area contributed by atoms with Gasteiger partial charge in [-0.1, -0.05) is 0 Å². The zero-order chi connectivity index (χ0) is 17.0. The minimum absolute atomic E-state index is 0.0691. The molecule has 0 aliphatic carbocycles. The summed E-state index contributed by atoms with van der Waals surface area (Å²) >= 11 is 0. The number of carbonyl (C=O) groups excluding carboxylic acids is 1. The van der Waals surface area contributed by atoms with E-state index in [0.717, 1.165) is 12.8 Å². The molecule has 0 bridgehead atoms. The van der Waals surface area contributed by atoms with Crippen LogP contribution < -0.4 is 15.7 Å². The summed E-state index contributed by atoms with van der Waals surface area (Å²) in [6, 6.07) is 0.0691. The highest BCUT2D eigenvalue weighted by molar-refractivity contribution is 6.58. The zero-order valence-corrected chi connectivity index (χ0v) is 13.7. The predicted molar refractivity (Wildman–Crippen MR) is 86.5 cm³/mol. The minimum atomic E-state index is -1.56. The van der Waals surface area contributed by atoms with Gasteiger partial charge in [-0.2, -0.15) is 0 Å². The maximum atomic E-state index is 11.8. The average Bonchev–Trinajstić information content (AvgIpc) is 2.46. The van der Waals surface area contributed by atoms with Gasteiger partial charge in [-0.05, 0) is 33.6 Å². The molecule has 1 aliphatic rings. The summed E-state index contributed by atoms with van der Waals surface area (Å²) in [7, 11) is -1.56. The van der Waals surface area contributed by atoms with E-state index in [4.69, 9.17) is 14.8 Å². The van der Waals surface area contributed by atoms with E-state index in [-0.39, 0.29) is 11.5 Å². The van der Waals surface area contributed by atoms with Gasteiger partial charge in [0.1, 0.15) is 5.60 Å². The van der Waals surface area contributed by atoms with E-state index in [0.29, 0.717) is 19.0 Å². The molecule has 8 nitrogen and oxygen atoms in total. The van der Waals surface area contributed by atoms with Gasteiger partial charge in [-0.15, -0.1) is 0 Å². The van der Waals surface area contributed by atoms with Gasteiger partial charge in [-0.25, -0.2) is 14.8 Å². The molecule has 0 radical (unpaired) electrons. The number of rotatable bonds is 3. The van der Waals surface area contributed by atoms with Gasteiger partial charge in [-0.3, -0.25) is 0 Å². The quantitative estimate of drug-likeness (QED) is 0.653. The molecule has 0 spiro atoms. The largest absolute Gasteiger partial charge is 0.491 e. The number of nitrogens with one attached hydrogen (secondary N) is 1. The van der Waals surface area contributed by atoms with Crippen molar-refractivity contribution in [1.29, 1.82) is 0 Å². The van der Waals surface area contributed by atoms with Crippen molar-refractivity contribution in [3.63, 3.8) is 0 Å². The molecular formula is C14H23BN4O4. The number of ether oxygens (including phenoxy) is 1. The van der Waals surface area contributed by atoms with Crippen molar-refractivity contribution in [3.8, 4) is 0 Å². The molecule has 3 N–H and O–H groups in total. The third-order valence-electron chi connectivity index (χ3n) is 3.45. The van der Waals surface area contributed by atoms with E-state index in [9.17, 15) is 4.79 Å². The second kappa shape index (κ2) is 7.14. The van der Waals surface area contributed by atoms with E-state index in [1.165, 1.54) is 12.4 Å². The van der Waals surface area contributed by atoms with Crippen LogP contribution in [0.4, 0.5) is 10.7 Å². The number of piperidine rings is 1. The van der Waals surface area contributed by atoms with Crippen molar-refractivity contribution in [3.05, 3.63) is 12.4 Å². The lowest BCUT2D eigenvalue weighted by atomic mass is 9.83. The van der Waals surface area contributed by atoms with E-state index >= 15 is 0 Å². The maximum Gasteiger partial charge on any atom is 0.491 e. The molecule has 9 heteroatoms. The van der Waals surface area contributed by atoms with Crippen molar-refractivity contribution in [1.82, 2.24) is 15.3 Å². The van der Waals surface area contributed by atoms with E-state index < -0.39 is 18.8 Å². The molecular weight excluding hydrogens is 299 g/mol. The molecule has 2 rings (SSSR count). The Bertz CT molecular complexity index is 525. The smallest absolute Gasteiger partial charge is 0.444 e. The number of alkyl carbamates (subject to hydrolysis) is 1. The SMILES string of the molecule is CC(C)(C)OC(=O)NC1CCN(c2ncc(B(O)O)cn2)CC1. The van der Waals surface area contributed by atoms with E-state index in [2.05, 4.69) is 15.3 Å². The molecule has 0 unspecified atom stereocenters. The molecule has 1 aromatic rings. The molecule has 23 heavy (non-hydrogen) atoms. The lowest BCUT2D eigenvalue weighted by Crippen LogP contribution is -2.46. The van der Waals surface area contributed by atoms with Gasteiger partial charge < -0.3 is 25.0 Å². The standard InChI is InChI=1S/C14H23BN4O4/c1-14(2,3)23-13(20)18-11-4-6-19(7-5-11)12-16-8-10(9-17-12)15(21)22/h8-9,11,21-22H,4-7H2,1-3H3,(H,18,20). The van der Waals surface area contributed by atoms with Gasteiger partial charge >= 0.3 is 13.2 Å². The summed E-state index contributed by atoms with van der Waals surface area (Å²) < 4.78 is 5.25. The van der Waals surface area contributed by atoms with Gasteiger partial charge in [0.05, 0.1) is 0 Å². The highest BCUT2D eigenvalue weighted by atomic mass is 16.6. The van der Waals surface area contributed by atoms with Crippen LogP contribution in [0, 0.1) is 0 Å². The summed E-state index contributed by atoms with van der Waals surface area (Å²) in [5.74, 6) is 0.546. The third-order valence-corrected chi connectivity index (χ3v) is 3.45. The molecule has 1 fully saturated rings. The zero-order valence-electron chi connectivity index (χ0n) is 13.7. The summed E-state index contributed by atoms with van der Waals surface area (Å²) in [6.07, 6.45) is 3.95. The van der Waals surface area contributed by atoms with Crippen LogP contribution in [-0.4, -0.2) is 58.0 Å².